The molecular formula is C18H23FO3. The molecule has 1 unspecified atom stereocenters. The first-order chi connectivity index (χ1) is 10.7. The summed E-state index contributed by atoms with van der Waals surface area (Å²) in [7, 11) is 0. The fourth-order valence-electron chi connectivity index (χ4n) is 3.62. The first-order valence-electron chi connectivity index (χ1n) is 8.26. The Labute approximate surface area is 130 Å². The minimum Gasteiger partial charge on any atom is -0.462 e. The number of halogens is 1. The van der Waals surface area contributed by atoms with Crippen molar-refractivity contribution in [2.75, 3.05) is 13.2 Å². The Morgan fingerprint density at radius 3 is 2.77 bits per heavy atom. The van der Waals surface area contributed by atoms with Crippen molar-refractivity contribution in [2.45, 2.75) is 56.5 Å². The first kappa shape index (κ1) is 15.5. The Morgan fingerprint density at radius 1 is 1.27 bits per heavy atom. The number of esters is 1. The average Bonchev–Trinajstić information content (AvgIpc) is 3.05. The Morgan fingerprint density at radius 2 is 2.09 bits per heavy atom. The van der Waals surface area contributed by atoms with Crippen LogP contribution in [0.3, 0.4) is 0 Å². The van der Waals surface area contributed by atoms with Crippen LogP contribution in [0.1, 0.15) is 50.5 Å². The molecule has 0 N–H and O–H groups in total. The summed E-state index contributed by atoms with van der Waals surface area (Å²) in [5.74, 6) is -0.517. The van der Waals surface area contributed by atoms with Gasteiger partial charge in [-0.05, 0) is 49.8 Å². The third-order valence-corrected chi connectivity index (χ3v) is 4.90. The van der Waals surface area contributed by atoms with Crippen molar-refractivity contribution in [2.24, 2.45) is 0 Å². The predicted molar refractivity (Wildman–Crippen MR) is 81.1 cm³/mol. The van der Waals surface area contributed by atoms with Crippen LogP contribution in [-0.2, 0) is 19.7 Å². The minimum atomic E-state index is -0.670. The van der Waals surface area contributed by atoms with Gasteiger partial charge in [-0.25, -0.2) is 4.39 Å². The Hall–Kier alpha value is -1.42. The Balaban J connectivity index is 1.71. The SMILES string of the molecule is O=C(OCC1CCCCO1)C1(c2cccc(F)c2)CCCC1. The monoisotopic (exact) mass is 306 g/mol. The van der Waals surface area contributed by atoms with Crippen molar-refractivity contribution in [3.05, 3.63) is 35.6 Å². The predicted octanol–water partition coefficient (Wildman–Crippen LogP) is 3.75. The summed E-state index contributed by atoms with van der Waals surface area (Å²) in [6, 6.07) is 6.39. The molecule has 3 nitrogen and oxygen atoms in total. The van der Waals surface area contributed by atoms with Crippen molar-refractivity contribution in [1.29, 1.82) is 0 Å². The molecule has 4 heteroatoms. The van der Waals surface area contributed by atoms with Crippen molar-refractivity contribution in [3.63, 3.8) is 0 Å². The second-order valence-corrected chi connectivity index (χ2v) is 6.39. The molecule has 120 valence electrons. The molecule has 2 fully saturated rings. The van der Waals surface area contributed by atoms with Crippen LogP contribution in [0.2, 0.25) is 0 Å². The highest BCUT2D eigenvalue weighted by atomic mass is 19.1. The molecular weight excluding hydrogens is 283 g/mol. The van der Waals surface area contributed by atoms with Gasteiger partial charge in [0.2, 0.25) is 0 Å². The summed E-state index contributed by atoms with van der Waals surface area (Å²) in [5.41, 5.74) is 0.0797. The summed E-state index contributed by atoms with van der Waals surface area (Å²) in [5, 5.41) is 0. The van der Waals surface area contributed by atoms with Gasteiger partial charge in [0.1, 0.15) is 12.4 Å². The largest absolute Gasteiger partial charge is 0.462 e. The molecule has 1 aromatic rings. The second kappa shape index (κ2) is 6.78. The van der Waals surface area contributed by atoms with Crippen LogP contribution in [0.15, 0.2) is 24.3 Å². The van der Waals surface area contributed by atoms with Gasteiger partial charge in [-0.15, -0.1) is 0 Å². The second-order valence-electron chi connectivity index (χ2n) is 6.39. The molecule has 1 saturated carbocycles. The van der Waals surface area contributed by atoms with Gasteiger partial charge in [-0.1, -0.05) is 25.0 Å². The fourth-order valence-corrected chi connectivity index (χ4v) is 3.62. The van der Waals surface area contributed by atoms with Crippen LogP contribution in [0.4, 0.5) is 4.39 Å². The molecule has 0 radical (unpaired) electrons. The quantitative estimate of drug-likeness (QED) is 0.795. The van der Waals surface area contributed by atoms with E-state index < -0.39 is 5.41 Å². The third kappa shape index (κ3) is 3.17. The molecule has 0 amide bonds. The number of ether oxygens (including phenoxy) is 2. The number of carbonyl (C=O) groups is 1. The van der Waals surface area contributed by atoms with Crippen LogP contribution in [0, 0.1) is 5.82 Å². The summed E-state index contributed by atoms with van der Waals surface area (Å²) < 4.78 is 24.7. The first-order valence-corrected chi connectivity index (χ1v) is 8.26. The van der Waals surface area contributed by atoms with Crippen LogP contribution in [-0.4, -0.2) is 25.3 Å². The maximum absolute atomic E-state index is 13.6. The van der Waals surface area contributed by atoms with Crippen molar-refractivity contribution < 1.29 is 18.7 Å². The van der Waals surface area contributed by atoms with Crippen LogP contribution in [0.25, 0.3) is 0 Å². The van der Waals surface area contributed by atoms with Crippen LogP contribution in [0.5, 0.6) is 0 Å². The summed E-state index contributed by atoms with van der Waals surface area (Å²) in [6.45, 7) is 1.06. The average molecular weight is 306 g/mol. The lowest BCUT2D eigenvalue weighted by atomic mass is 9.79. The summed E-state index contributed by atoms with van der Waals surface area (Å²) in [6.07, 6.45) is 6.59. The third-order valence-electron chi connectivity index (χ3n) is 4.90. The van der Waals surface area contributed by atoms with Crippen molar-refractivity contribution >= 4 is 5.97 Å². The van der Waals surface area contributed by atoms with Crippen LogP contribution >= 0.6 is 0 Å². The van der Waals surface area contributed by atoms with E-state index in [0.717, 1.165) is 57.1 Å². The van der Waals surface area contributed by atoms with E-state index in [4.69, 9.17) is 9.47 Å². The molecule has 1 heterocycles. The van der Waals surface area contributed by atoms with E-state index in [0.29, 0.717) is 6.61 Å². The highest BCUT2D eigenvalue weighted by molar-refractivity contribution is 5.83. The van der Waals surface area contributed by atoms with Crippen LogP contribution < -0.4 is 0 Å². The molecule has 0 bridgehead atoms. The molecule has 2 aliphatic rings. The lowest BCUT2D eigenvalue weighted by Crippen LogP contribution is -2.37. The van der Waals surface area contributed by atoms with E-state index in [-0.39, 0.29) is 17.9 Å². The molecule has 1 saturated heterocycles. The van der Waals surface area contributed by atoms with Crippen molar-refractivity contribution in [1.82, 2.24) is 0 Å². The summed E-state index contributed by atoms with van der Waals surface area (Å²) >= 11 is 0. The number of rotatable bonds is 4. The van der Waals surface area contributed by atoms with Gasteiger partial charge in [0.05, 0.1) is 11.5 Å². The Bertz CT molecular complexity index is 517. The lowest BCUT2D eigenvalue weighted by Gasteiger charge is -2.29. The zero-order chi connectivity index (χ0) is 15.4. The lowest BCUT2D eigenvalue weighted by molar-refractivity contribution is -0.156. The van der Waals surface area contributed by atoms with E-state index in [2.05, 4.69) is 0 Å². The Kier molecular flexibility index (Phi) is 4.77. The smallest absolute Gasteiger partial charge is 0.316 e. The zero-order valence-corrected chi connectivity index (χ0v) is 12.9. The van der Waals surface area contributed by atoms with Gasteiger partial charge in [0.25, 0.3) is 0 Å². The fraction of sp³-hybridized carbons (Fsp3) is 0.611. The van der Waals surface area contributed by atoms with E-state index in [1.807, 2.05) is 6.07 Å². The van der Waals surface area contributed by atoms with Gasteiger partial charge in [-0.2, -0.15) is 0 Å². The van der Waals surface area contributed by atoms with Gasteiger partial charge < -0.3 is 9.47 Å². The van der Waals surface area contributed by atoms with Crippen molar-refractivity contribution in [3.8, 4) is 0 Å². The molecule has 1 aliphatic carbocycles. The van der Waals surface area contributed by atoms with E-state index >= 15 is 0 Å². The van der Waals surface area contributed by atoms with Gasteiger partial charge >= 0.3 is 5.97 Å². The minimum absolute atomic E-state index is 0.0173. The van der Waals surface area contributed by atoms with E-state index in [1.165, 1.54) is 12.1 Å². The highest BCUT2D eigenvalue weighted by Crippen LogP contribution is 2.42. The van der Waals surface area contributed by atoms with E-state index in [9.17, 15) is 9.18 Å². The molecule has 1 aliphatic heterocycles. The topological polar surface area (TPSA) is 35.5 Å². The van der Waals surface area contributed by atoms with E-state index in [1.54, 1.807) is 6.07 Å². The van der Waals surface area contributed by atoms with Gasteiger partial charge in [0.15, 0.2) is 0 Å². The molecule has 22 heavy (non-hydrogen) atoms. The maximum Gasteiger partial charge on any atom is 0.316 e. The standard InChI is InChI=1S/C18H23FO3/c19-15-7-5-6-14(12-15)18(9-2-3-10-18)17(20)22-13-16-8-1-4-11-21-16/h5-7,12,16H,1-4,8-11,13H2. The molecule has 1 atom stereocenters. The van der Waals surface area contributed by atoms with Gasteiger partial charge in [0, 0.05) is 6.61 Å². The number of hydrogen-bond acceptors (Lipinski definition) is 3. The molecule has 0 spiro atoms. The number of benzene rings is 1. The van der Waals surface area contributed by atoms with Gasteiger partial charge in [-0.3, -0.25) is 4.79 Å². The summed E-state index contributed by atoms with van der Waals surface area (Å²) in [4.78, 5) is 12.7. The maximum atomic E-state index is 13.6. The number of carbonyl (C=O) groups excluding carboxylic acids is 1. The highest BCUT2D eigenvalue weighted by Gasteiger charge is 2.44. The zero-order valence-electron chi connectivity index (χ0n) is 12.9. The number of hydrogen-bond donors (Lipinski definition) is 0. The molecule has 1 aromatic carbocycles. The normalized spacial score (nSPS) is 24.1. The molecule has 3 rings (SSSR count). The molecule has 0 aromatic heterocycles.